The van der Waals surface area contributed by atoms with Crippen LogP contribution in [0.3, 0.4) is 0 Å². The van der Waals surface area contributed by atoms with Crippen molar-refractivity contribution in [3.63, 3.8) is 0 Å². The average Bonchev–Trinajstić information content (AvgIpc) is 2.84. The maximum absolute atomic E-state index is 11.7. The zero-order valence-electron chi connectivity index (χ0n) is 7.90. The Morgan fingerprint density at radius 1 is 1.33 bits per heavy atom. The highest BCUT2D eigenvalue weighted by Crippen LogP contribution is 2.23. The van der Waals surface area contributed by atoms with Gasteiger partial charge in [0, 0.05) is 11.3 Å². The zero-order valence-corrected chi connectivity index (χ0v) is 10.3. The van der Waals surface area contributed by atoms with Crippen molar-refractivity contribution in [3.05, 3.63) is 43.7 Å². The Balaban J connectivity index is 1.93. The van der Waals surface area contributed by atoms with E-state index in [9.17, 15) is 4.79 Å². The lowest BCUT2D eigenvalue weighted by molar-refractivity contribution is 0.0987. The van der Waals surface area contributed by atoms with E-state index in [0.717, 1.165) is 11.3 Å². The molecule has 2 aromatic heterocycles. The van der Waals surface area contributed by atoms with Crippen LogP contribution in [0.1, 0.15) is 21.0 Å². The van der Waals surface area contributed by atoms with Crippen molar-refractivity contribution in [1.82, 2.24) is 0 Å². The van der Waals surface area contributed by atoms with Crippen LogP contribution in [0.5, 0.6) is 0 Å². The summed E-state index contributed by atoms with van der Waals surface area (Å²) in [5.74, 6) is 0.181. The maximum atomic E-state index is 11.7. The van der Waals surface area contributed by atoms with Gasteiger partial charge in [0.2, 0.25) is 0 Å². The van der Waals surface area contributed by atoms with Gasteiger partial charge in [-0.1, -0.05) is 17.7 Å². The normalized spacial score (nSPS) is 10.5. The lowest BCUT2D eigenvalue weighted by atomic mass is 10.2. The number of thiophene rings is 2. The average molecular weight is 257 g/mol. The molecule has 0 bridgehead atoms. The minimum absolute atomic E-state index is 0.181. The van der Waals surface area contributed by atoms with Crippen molar-refractivity contribution < 1.29 is 4.79 Å². The highest BCUT2D eigenvalue weighted by Gasteiger charge is 2.08. The van der Waals surface area contributed by atoms with Gasteiger partial charge in [0.1, 0.15) is 0 Å². The number of hydrogen-bond acceptors (Lipinski definition) is 3. The van der Waals surface area contributed by atoms with Crippen LogP contribution in [0, 0.1) is 0 Å². The van der Waals surface area contributed by atoms with E-state index in [1.54, 1.807) is 23.5 Å². The first-order chi connectivity index (χ1) is 7.25. The third kappa shape index (κ3) is 2.91. The van der Waals surface area contributed by atoms with E-state index in [1.165, 1.54) is 16.2 Å². The fraction of sp³-hybridized carbons (Fsp3) is 0.182. The highest BCUT2D eigenvalue weighted by molar-refractivity contribution is 7.18. The minimum atomic E-state index is 0.181. The summed E-state index contributed by atoms with van der Waals surface area (Å²) >= 11 is 8.82. The Morgan fingerprint density at radius 2 is 2.20 bits per heavy atom. The van der Waals surface area contributed by atoms with Gasteiger partial charge >= 0.3 is 0 Å². The molecule has 0 fully saturated rings. The Labute approximate surface area is 101 Å². The minimum Gasteiger partial charge on any atom is -0.293 e. The summed E-state index contributed by atoms with van der Waals surface area (Å²) in [5.41, 5.74) is 0. The molecule has 0 radical (unpaired) electrons. The number of carbonyl (C=O) groups is 1. The first kappa shape index (κ1) is 10.9. The Hall–Kier alpha value is -0.640. The first-order valence-corrected chi connectivity index (χ1v) is 6.64. The van der Waals surface area contributed by atoms with Crippen LogP contribution in [0.4, 0.5) is 0 Å². The van der Waals surface area contributed by atoms with E-state index in [0.29, 0.717) is 10.8 Å². The van der Waals surface area contributed by atoms with Crippen LogP contribution in [0.2, 0.25) is 4.34 Å². The van der Waals surface area contributed by atoms with Crippen molar-refractivity contribution in [2.75, 3.05) is 0 Å². The molecule has 15 heavy (non-hydrogen) atoms. The number of ketones is 1. The van der Waals surface area contributed by atoms with Crippen LogP contribution < -0.4 is 0 Å². The van der Waals surface area contributed by atoms with E-state index in [2.05, 4.69) is 6.07 Å². The summed E-state index contributed by atoms with van der Waals surface area (Å²) in [4.78, 5) is 13.7. The quantitative estimate of drug-likeness (QED) is 0.747. The van der Waals surface area contributed by atoms with Gasteiger partial charge in [0.05, 0.1) is 9.21 Å². The van der Waals surface area contributed by atoms with Gasteiger partial charge in [-0.2, -0.15) is 0 Å². The number of hydrogen-bond donors (Lipinski definition) is 0. The van der Waals surface area contributed by atoms with E-state index >= 15 is 0 Å². The molecule has 2 heterocycles. The number of rotatable bonds is 4. The molecule has 2 aromatic rings. The van der Waals surface area contributed by atoms with Gasteiger partial charge < -0.3 is 0 Å². The molecule has 0 unspecified atom stereocenters. The standard InChI is InChI=1S/C11H9ClOS2/c12-11-6-5-10(15-11)9(13)4-3-8-2-1-7-14-8/h1-2,5-7H,3-4H2. The molecule has 0 atom stereocenters. The number of aryl methyl sites for hydroxylation is 1. The predicted molar refractivity (Wildman–Crippen MR) is 66.3 cm³/mol. The lowest BCUT2D eigenvalue weighted by Gasteiger charge is -1.95. The molecule has 0 spiro atoms. The topological polar surface area (TPSA) is 17.1 Å². The largest absolute Gasteiger partial charge is 0.293 e. The van der Waals surface area contributed by atoms with E-state index in [1.807, 2.05) is 11.4 Å². The smallest absolute Gasteiger partial charge is 0.173 e. The molecule has 0 N–H and O–H groups in total. The predicted octanol–water partition coefficient (Wildman–Crippen LogP) is 4.28. The van der Waals surface area contributed by atoms with Gasteiger partial charge in [-0.15, -0.1) is 22.7 Å². The van der Waals surface area contributed by atoms with Crippen molar-refractivity contribution in [3.8, 4) is 0 Å². The molecule has 0 saturated carbocycles. The molecule has 2 rings (SSSR count). The van der Waals surface area contributed by atoms with Gasteiger partial charge in [-0.25, -0.2) is 0 Å². The van der Waals surface area contributed by atoms with E-state index in [4.69, 9.17) is 11.6 Å². The molecule has 0 aliphatic heterocycles. The Bertz CT molecular complexity index is 445. The van der Waals surface area contributed by atoms with Gasteiger partial charge in [0.15, 0.2) is 5.78 Å². The summed E-state index contributed by atoms with van der Waals surface area (Å²) in [7, 11) is 0. The van der Waals surface area contributed by atoms with Crippen LogP contribution in [0.15, 0.2) is 29.6 Å². The second-order valence-corrected chi connectivity index (χ2v) is 5.85. The molecule has 0 aliphatic rings. The molecular formula is C11H9ClOS2. The third-order valence-electron chi connectivity index (χ3n) is 2.03. The van der Waals surface area contributed by atoms with E-state index < -0.39 is 0 Å². The second-order valence-electron chi connectivity index (χ2n) is 3.11. The summed E-state index contributed by atoms with van der Waals surface area (Å²) in [6.07, 6.45) is 1.39. The van der Waals surface area contributed by atoms with Gasteiger partial charge in [-0.3, -0.25) is 4.79 Å². The first-order valence-electron chi connectivity index (χ1n) is 4.56. The molecule has 0 amide bonds. The van der Waals surface area contributed by atoms with Crippen molar-refractivity contribution in [1.29, 1.82) is 0 Å². The summed E-state index contributed by atoms with van der Waals surface area (Å²) < 4.78 is 0.675. The zero-order chi connectivity index (χ0) is 10.7. The Morgan fingerprint density at radius 3 is 2.80 bits per heavy atom. The highest BCUT2D eigenvalue weighted by atomic mass is 35.5. The van der Waals surface area contributed by atoms with Crippen molar-refractivity contribution >= 4 is 40.1 Å². The lowest BCUT2D eigenvalue weighted by Crippen LogP contribution is -1.97. The SMILES string of the molecule is O=C(CCc1cccs1)c1ccc(Cl)s1. The second kappa shape index (κ2) is 4.92. The monoisotopic (exact) mass is 256 g/mol. The molecule has 1 nitrogen and oxygen atoms in total. The number of Topliss-reactive ketones (excluding diaryl/α,β-unsaturated/α-hetero) is 1. The van der Waals surface area contributed by atoms with Crippen molar-refractivity contribution in [2.24, 2.45) is 0 Å². The molecule has 0 saturated heterocycles. The van der Waals surface area contributed by atoms with Crippen LogP contribution in [-0.2, 0) is 6.42 Å². The Kier molecular flexibility index (Phi) is 3.57. The molecule has 0 aromatic carbocycles. The fourth-order valence-corrected chi connectivity index (χ4v) is 3.00. The summed E-state index contributed by atoms with van der Waals surface area (Å²) in [6, 6.07) is 7.63. The van der Waals surface area contributed by atoms with Crippen LogP contribution >= 0.6 is 34.3 Å². The molecule has 4 heteroatoms. The van der Waals surface area contributed by atoms with Crippen LogP contribution in [-0.4, -0.2) is 5.78 Å². The summed E-state index contributed by atoms with van der Waals surface area (Å²) in [6.45, 7) is 0. The number of halogens is 1. The molecule has 0 aliphatic carbocycles. The van der Waals surface area contributed by atoms with Gasteiger partial charge in [-0.05, 0) is 30.0 Å². The van der Waals surface area contributed by atoms with Gasteiger partial charge in [0.25, 0.3) is 0 Å². The van der Waals surface area contributed by atoms with Crippen molar-refractivity contribution in [2.45, 2.75) is 12.8 Å². The maximum Gasteiger partial charge on any atom is 0.173 e. The third-order valence-corrected chi connectivity index (χ3v) is 4.23. The molecule has 78 valence electrons. The fourth-order valence-electron chi connectivity index (χ4n) is 1.28. The number of carbonyl (C=O) groups excluding carboxylic acids is 1. The molecular weight excluding hydrogens is 248 g/mol. The van der Waals surface area contributed by atoms with Crippen LogP contribution in [0.25, 0.3) is 0 Å². The van der Waals surface area contributed by atoms with E-state index in [-0.39, 0.29) is 5.78 Å². The summed E-state index contributed by atoms with van der Waals surface area (Å²) in [5, 5.41) is 2.03.